The SMILES string of the molecule is Cc1ccc(-c2[c-]cccc2)nc1.[2H]C([2H])([2H])c1cnc(-c2[c-]ccc3c2oc2c3ccc3ccsc32)cc1CC(C)(C)C.[Ir]. The van der Waals surface area contributed by atoms with Crippen LogP contribution in [0.1, 0.15) is 41.6 Å². The number of benzene rings is 3. The number of aryl methyl sites for hydroxylation is 2. The molecule has 0 aliphatic carbocycles. The molecule has 7 aromatic rings. The summed E-state index contributed by atoms with van der Waals surface area (Å²) in [7, 11) is 0. The van der Waals surface area contributed by atoms with Gasteiger partial charge in [0.05, 0.1) is 10.3 Å². The van der Waals surface area contributed by atoms with E-state index in [2.05, 4.69) is 72.5 Å². The van der Waals surface area contributed by atoms with E-state index in [9.17, 15) is 0 Å². The van der Waals surface area contributed by atoms with Gasteiger partial charge < -0.3 is 14.4 Å². The smallest absolute Gasteiger partial charge is 0.138 e. The molecule has 4 heterocycles. The normalized spacial score (nSPS) is 12.7. The summed E-state index contributed by atoms with van der Waals surface area (Å²) in [6.07, 6.45) is 4.01. The van der Waals surface area contributed by atoms with E-state index in [1.807, 2.05) is 61.7 Å². The van der Waals surface area contributed by atoms with Gasteiger partial charge in [-0.1, -0.05) is 67.6 Å². The number of hydrogen-bond donors (Lipinski definition) is 0. The van der Waals surface area contributed by atoms with Crippen molar-refractivity contribution in [2.24, 2.45) is 5.41 Å². The molecule has 3 nitrogen and oxygen atoms in total. The summed E-state index contributed by atoms with van der Waals surface area (Å²) in [6, 6.07) is 30.4. The first-order valence-corrected chi connectivity index (χ1v) is 14.5. The maximum absolute atomic E-state index is 7.93. The minimum atomic E-state index is -2.20. The molecule has 7 rings (SSSR count). The Morgan fingerprint density at radius 2 is 1.71 bits per heavy atom. The molecule has 0 aliphatic rings. The van der Waals surface area contributed by atoms with Crippen LogP contribution >= 0.6 is 11.3 Å². The van der Waals surface area contributed by atoms with E-state index in [4.69, 9.17) is 8.53 Å². The third-order valence-electron chi connectivity index (χ3n) is 6.88. The Bertz CT molecular complexity index is 2080. The van der Waals surface area contributed by atoms with E-state index in [1.54, 1.807) is 11.3 Å². The molecule has 5 heteroatoms. The second kappa shape index (κ2) is 12.3. The molecular formula is C37H32IrN2OS-2. The molecule has 0 bridgehead atoms. The van der Waals surface area contributed by atoms with Crippen LogP contribution in [0.4, 0.5) is 0 Å². The molecular weight excluding hydrogens is 713 g/mol. The van der Waals surface area contributed by atoms with E-state index in [0.717, 1.165) is 54.4 Å². The summed E-state index contributed by atoms with van der Waals surface area (Å²) >= 11 is 1.67. The predicted molar refractivity (Wildman–Crippen MR) is 172 cm³/mol. The number of nitrogens with zero attached hydrogens (tertiary/aromatic N) is 2. The first-order chi connectivity index (χ1) is 21.0. The number of thiophene rings is 1. The van der Waals surface area contributed by atoms with Gasteiger partial charge in [-0.05, 0) is 65.0 Å². The van der Waals surface area contributed by atoms with Crippen LogP contribution in [-0.4, -0.2) is 9.97 Å². The fourth-order valence-corrected chi connectivity index (χ4v) is 5.83. The maximum atomic E-state index is 7.93. The zero-order valence-electron chi connectivity index (χ0n) is 26.9. The molecule has 1 radical (unpaired) electrons. The van der Waals surface area contributed by atoms with E-state index >= 15 is 0 Å². The largest absolute Gasteiger partial charge is 0.499 e. The molecule has 0 aliphatic heterocycles. The van der Waals surface area contributed by atoms with Gasteiger partial charge >= 0.3 is 0 Å². The van der Waals surface area contributed by atoms with E-state index < -0.39 is 6.85 Å². The first-order valence-electron chi connectivity index (χ1n) is 15.1. The maximum Gasteiger partial charge on any atom is 0.138 e. The summed E-state index contributed by atoms with van der Waals surface area (Å²) in [5.41, 5.74) is 7.28. The fraction of sp³-hybridized carbons (Fsp3) is 0.189. The van der Waals surface area contributed by atoms with Crippen LogP contribution in [0.15, 0.2) is 95.0 Å². The van der Waals surface area contributed by atoms with Crippen LogP contribution in [0, 0.1) is 31.3 Å². The van der Waals surface area contributed by atoms with Crippen molar-refractivity contribution < 1.29 is 28.6 Å². The van der Waals surface area contributed by atoms with Gasteiger partial charge in [-0.2, -0.15) is 0 Å². The average molecular weight is 748 g/mol. The van der Waals surface area contributed by atoms with Gasteiger partial charge in [-0.15, -0.1) is 65.4 Å². The van der Waals surface area contributed by atoms with Crippen LogP contribution in [0.3, 0.4) is 0 Å². The molecule has 0 saturated carbocycles. The Morgan fingerprint density at radius 3 is 2.45 bits per heavy atom. The van der Waals surface area contributed by atoms with E-state index in [-0.39, 0.29) is 25.5 Å². The van der Waals surface area contributed by atoms with Gasteiger partial charge in [0.15, 0.2) is 0 Å². The summed E-state index contributed by atoms with van der Waals surface area (Å²) in [6.45, 7) is 6.15. The van der Waals surface area contributed by atoms with Crippen molar-refractivity contribution in [3.63, 3.8) is 0 Å². The van der Waals surface area contributed by atoms with Gasteiger partial charge in [0.2, 0.25) is 0 Å². The predicted octanol–water partition coefficient (Wildman–Crippen LogP) is 10.4. The first kappa shape index (κ1) is 26.0. The number of rotatable bonds is 3. The van der Waals surface area contributed by atoms with Crippen molar-refractivity contribution in [3.05, 3.63) is 119 Å². The Kier molecular flexibility index (Phi) is 7.63. The van der Waals surface area contributed by atoms with Crippen molar-refractivity contribution in [1.82, 2.24) is 9.97 Å². The average Bonchev–Trinajstić information content (AvgIpc) is 3.62. The third-order valence-corrected chi connectivity index (χ3v) is 7.81. The molecule has 213 valence electrons. The molecule has 0 atom stereocenters. The summed E-state index contributed by atoms with van der Waals surface area (Å²) in [5, 5.41) is 5.31. The van der Waals surface area contributed by atoms with Gasteiger partial charge in [0.25, 0.3) is 0 Å². The molecule has 0 saturated heterocycles. The van der Waals surface area contributed by atoms with Gasteiger partial charge in [-0.25, -0.2) is 0 Å². The Balaban J connectivity index is 0.000000240. The summed E-state index contributed by atoms with van der Waals surface area (Å²) in [5.74, 6) is 0. The third kappa shape index (κ3) is 6.24. The van der Waals surface area contributed by atoms with Crippen LogP contribution < -0.4 is 0 Å². The molecule has 0 unspecified atom stereocenters. The van der Waals surface area contributed by atoms with Crippen molar-refractivity contribution in [2.75, 3.05) is 0 Å². The van der Waals surface area contributed by atoms with Crippen molar-refractivity contribution in [1.29, 1.82) is 0 Å². The Morgan fingerprint density at radius 1 is 0.881 bits per heavy atom. The van der Waals surface area contributed by atoms with Crippen molar-refractivity contribution in [3.8, 4) is 22.5 Å². The molecule has 0 fully saturated rings. The minimum absolute atomic E-state index is 0. The van der Waals surface area contributed by atoms with Gasteiger partial charge in [0, 0.05) is 42.0 Å². The number of aromatic nitrogens is 2. The molecule has 0 spiro atoms. The van der Waals surface area contributed by atoms with Gasteiger partial charge in [0.1, 0.15) is 5.58 Å². The fourth-order valence-electron chi connectivity index (χ4n) is 4.95. The number of furan rings is 1. The topological polar surface area (TPSA) is 38.9 Å². The van der Waals surface area contributed by atoms with Crippen molar-refractivity contribution >= 4 is 43.4 Å². The van der Waals surface area contributed by atoms with Crippen LogP contribution in [0.5, 0.6) is 0 Å². The molecule has 3 aromatic carbocycles. The van der Waals surface area contributed by atoms with Crippen LogP contribution in [-0.2, 0) is 26.5 Å². The summed E-state index contributed by atoms with van der Waals surface area (Å²) in [4.78, 5) is 8.85. The Labute approximate surface area is 269 Å². The van der Waals surface area contributed by atoms with E-state index in [0.29, 0.717) is 17.7 Å². The number of pyridine rings is 2. The molecule has 0 amide bonds. The summed E-state index contributed by atoms with van der Waals surface area (Å²) < 4.78 is 31.3. The standard InChI is InChI=1S/C25H22NOS.C12H10N.Ir/c1-15-14-26-21(12-17(15)13-25(2,3)4)20-7-5-6-18-19-9-8-16-10-11-28-24(16)23(19)27-22(18)20;1-10-7-8-12(13-9-10)11-5-3-2-4-6-11;/h5-6,8-12,14H,13H2,1-4H3;2-5,7-9H,1H3;/q2*-1;/i1D3;;. The zero-order chi connectivity index (χ0) is 31.1. The van der Waals surface area contributed by atoms with Gasteiger partial charge in [-0.3, -0.25) is 0 Å². The monoisotopic (exact) mass is 748 g/mol. The minimum Gasteiger partial charge on any atom is -0.499 e. The van der Waals surface area contributed by atoms with Crippen LogP contribution in [0.2, 0.25) is 0 Å². The number of fused-ring (bicyclic) bond motifs is 5. The zero-order valence-corrected chi connectivity index (χ0v) is 27.1. The second-order valence-electron chi connectivity index (χ2n) is 11.4. The van der Waals surface area contributed by atoms with E-state index in [1.165, 1.54) is 11.8 Å². The van der Waals surface area contributed by atoms with Crippen molar-refractivity contribution in [2.45, 2.75) is 41.0 Å². The quantitative estimate of drug-likeness (QED) is 0.169. The molecule has 4 aromatic heterocycles. The molecule has 0 N–H and O–H groups in total. The second-order valence-corrected chi connectivity index (χ2v) is 12.4. The molecule has 42 heavy (non-hydrogen) atoms. The Hall–Kier alpha value is -3.63. The number of hydrogen-bond acceptors (Lipinski definition) is 4. The van der Waals surface area contributed by atoms with Crippen LogP contribution in [0.25, 0.3) is 54.5 Å².